The summed E-state index contributed by atoms with van der Waals surface area (Å²) in [6.07, 6.45) is 2.75. The van der Waals surface area contributed by atoms with E-state index in [1.165, 1.54) is 0 Å². The molecule has 3 heterocycles. The lowest BCUT2D eigenvalue weighted by Crippen LogP contribution is -2.35. The summed E-state index contributed by atoms with van der Waals surface area (Å²) < 4.78 is 6.24. The first-order chi connectivity index (χ1) is 15.7. The maximum absolute atomic E-state index is 12.5. The highest BCUT2D eigenvalue weighted by molar-refractivity contribution is 7.13. The highest BCUT2D eigenvalue weighted by Gasteiger charge is 2.27. The Hall–Kier alpha value is -3.51. The van der Waals surface area contributed by atoms with Gasteiger partial charge in [-0.25, -0.2) is 4.98 Å². The van der Waals surface area contributed by atoms with Crippen LogP contribution >= 0.6 is 11.3 Å². The van der Waals surface area contributed by atoms with Crippen LogP contribution in [0.2, 0.25) is 0 Å². The minimum Gasteiger partial charge on any atom is -0.487 e. The average molecular weight is 442 g/mol. The molecule has 5 nitrogen and oxygen atoms in total. The topological polar surface area (TPSA) is 64.1 Å². The molecular formula is C26H23N3O2S. The van der Waals surface area contributed by atoms with Crippen molar-refractivity contribution in [3.8, 4) is 27.6 Å². The number of nitrogens with one attached hydrogen (secondary N) is 1. The van der Waals surface area contributed by atoms with E-state index in [0.717, 1.165) is 50.8 Å². The first kappa shape index (κ1) is 20.4. The smallest absolute Gasteiger partial charge is 0.226 e. The van der Waals surface area contributed by atoms with Crippen molar-refractivity contribution >= 4 is 17.2 Å². The summed E-state index contributed by atoms with van der Waals surface area (Å²) in [5.41, 5.74) is 6.06. The number of para-hydroxylation sites is 1. The molecule has 0 saturated heterocycles. The second-order valence-corrected chi connectivity index (χ2v) is 8.76. The van der Waals surface area contributed by atoms with Gasteiger partial charge in [-0.1, -0.05) is 48.5 Å². The summed E-state index contributed by atoms with van der Waals surface area (Å²) in [5, 5.41) is 5.89. The Kier molecular flexibility index (Phi) is 5.69. The number of nitrogens with zero attached hydrogens (tertiary/aromatic N) is 2. The van der Waals surface area contributed by atoms with Gasteiger partial charge >= 0.3 is 0 Å². The summed E-state index contributed by atoms with van der Waals surface area (Å²) in [5.74, 6) is 0.829. The van der Waals surface area contributed by atoms with E-state index in [-0.39, 0.29) is 18.4 Å². The molecule has 0 radical (unpaired) electrons. The fourth-order valence-electron chi connectivity index (χ4n) is 3.96. The Morgan fingerprint density at radius 2 is 2.00 bits per heavy atom. The molecule has 0 aliphatic carbocycles. The van der Waals surface area contributed by atoms with E-state index in [9.17, 15) is 4.79 Å². The van der Waals surface area contributed by atoms with Crippen LogP contribution in [0.5, 0.6) is 5.75 Å². The van der Waals surface area contributed by atoms with Crippen molar-refractivity contribution in [1.29, 1.82) is 0 Å². The molecule has 1 aliphatic heterocycles. The fourth-order valence-corrected chi connectivity index (χ4v) is 4.79. The van der Waals surface area contributed by atoms with Crippen LogP contribution in [0.15, 0.2) is 72.2 Å². The minimum atomic E-state index is -0.0885. The highest BCUT2D eigenvalue weighted by atomic mass is 32.1. The van der Waals surface area contributed by atoms with Crippen molar-refractivity contribution in [3.05, 3.63) is 89.1 Å². The molecule has 0 fully saturated rings. The van der Waals surface area contributed by atoms with Gasteiger partial charge in [0.15, 0.2) is 0 Å². The highest BCUT2D eigenvalue weighted by Crippen LogP contribution is 2.38. The number of carbonyl (C=O) groups excluding carboxylic acids is 1. The lowest BCUT2D eigenvalue weighted by molar-refractivity contribution is -0.120. The van der Waals surface area contributed by atoms with Crippen molar-refractivity contribution < 1.29 is 9.53 Å². The number of thiazole rings is 1. The standard InChI is InChI=1S/C26H23N3O2S/c1-17-7-6-12-27-24(17)22-11-5-10-19-13-21(31-25(19)22)15-28-23(30)14-20-16-32-26(29-20)18-8-3-2-4-9-18/h2-12,16,21H,13-15H2,1H3,(H,28,30). The molecule has 160 valence electrons. The molecule has 5 rings (SSSR count). The summed E-state index contributed by atoms with van der Waals surface area (Å²) in [6, 6.07) is 20.2. The van der Waals surface area contributed by atoms with Gasteiger partial charge in [0.05, 0.1) is 24.4 Å². The van der Waals surface area contributed by atoms with Crippen LogP contribution in [0.25, 0.3) is 21.8 Å². The number of aryl methyl sites for hydroxylation is 1. The Morgan fingerprint density at radius 1 is 1.12 bits per heavy atom. The molecule has 2 aromatic heterocycles. The predicted molar refractivity (Wildman–Crippen MR) is 127 cm³/mol. The largest absolute Gasteiger partial charge is 0.487 e. The van der Waals surface area contributed by atoms with Crippen LogP contribution in [0.3, 0.4) is 0 Å². The summed E-state index contributed by atoms with van der Waals surface area (Å²) in [7, 11) is 0. The lowest BCUT2D eigenvalue weighted by Gasteiger charge is -2.14. The van der Waals surface area contributed by atoms with Gasteiger partial charge in [0.2, 0.25) is 5.91 Å². The van der Waals surface area contributed by atoms with Gasteiger partial charge in [0, 0.05) is 29.1 Å². The second-order valence-electron chi connectivity index (χ2n) is 7.90. The number of benzene rings is 2. The second kappa shape index (κ2) is 8.93. The Balaban J connectivity index is 1.20. The van der Waals surface area contributed by atoms with Crippen LogP contribution in [0.4, 0.5) is 0 Å². The molecule has 0 spiro atoms. The molecular weight excluding hydrogens is 418 g/mol. The molecule has 1 N–H and O–H groups in total. The van der Waals surface area contributed by atoms with E-state index in [1.54, 1.807) is 17.5 Å². The quantitative estimate of drug-likeness (QED) is 0.465. The zero-order valence-electron chi connectivity index (χ0n) is 17.7. The van der Waals surface area contributed by atoms with Crippen molar-refractivity contribution in [2.24, 2.45) is 0 Å². The monoisotopic (exact) mass is 441 g/mol. The van der Waals surface area contributed by atoms with E-state index < -0.39 is 0 Å². The van der Waals surface area contributed by atoms with E-state index in [2.05, 4.69) is 34.3 Å². The van der Waals surface area contributed by atoms with Crippen molar-refractivity contribution in [3.63, 3.8) is 0 Å². The third-order valence-corrected chi connectivity index (χ3v) is 6.47. The molecule has 1 unspecified atom stereocenters. The summed E-state index contributed by atoms with van der Waals surface area (Å²) in [4.78, 5) is 21.7. The number of ether oxygens (including phenoxy) is 1. The third kappa shape index (κ3) is 4.27. The van der Waals surface area contributed by atoms with Crippen LogP contribution in [-0.4, -0.2) is 28.5 Å². The number of carbonyl (C=O) groups is 1. The van der Waals surface area contributed by atoms with Crippen LogP contribution in [-0.2, 0) is 17.6 Å². The average Bonchev–Trinajstić information content (AvgIpc) is 3.45. The lowest BCUT2D eigenvalue weighted by atomic mass is 10.0. The third-order valence-electron chi connectivity index (χ3n) is 5.53. The molecule has 1 aliphatic rings. The number of pyridine rings is 1. The zero-order chi connectivity index (χ0) is 21.9. The van der Waals surface area contributed by atoms with Gasteiger partial charge < -0.3 is 10.1 Å². The van der Waals surface area contributed by atoms with Gasteiger partial charge in [-0.2, -0.15) is 0 Å². The number of rotatable bonds is 6. The summed E-state index contributed by atoms with van der Waals surface area (Å²) in [6.45, 7) is 2.51. The Bertz CT molecular complexity index is 1250. The molecule has 1 atom stereocenters. The number of hydrogen-bond acceptors (Lipinski definition) is 5. The van der Waals surface area contributed by atoms with Gasteiger partial charge in [-0.3, -0.25) is 9.78 Å². The first-order valence-electron chi connectivity index (χ1n) is 10.6. The Morgan fingerprint density at radius 3 is 2.84 bits per heavy atom. The SMILES string of the molecule is Cc1cccnc1-c1cccc2c1OC(CNC(=O)Cc1csc(-c3ccccc3)n1)C2. The predicted octanol–water partition coefficient (Wildman–Crippen LogP) is 4.84. The van der Waals surface area contributed by atoms with Gasteiger partial charge in [-0.05, 0) is 30.2 Å². The van der Waals surface area contributed by atoms with E-state index in [1.807, 2.05) is 53.9 Å². The summed E-state index contributed by atoms with van der Waals surface area (Å²) >= 11 is 1.56. The van der Waals surface area contributed by atoms with Crippen molar-refractivity contribution in [2.75, 3.05) is 6.54 Å². The van der Waals surface area contributed by atoms with E-state index in [0.29, 0.717) is 6.54 Å². The minimum absolute atomic E-state index is 0.0461. The Labute approximate surface area is 191 Å². The van der Waals surface area contributed by atoms with Crippen LogP contribution in [0, 0.1) is 6.92 Å². The van der Waals surface area contributed by atoms with Crippen LogP contribution in [0.1, 0.15) is 16.8 Å². The molecule has 2 aromatic carbocycles. The van der Waals surface area contributed by atoms with Gasteiger partial charge in [0.25, 0.3) is 0 Å². The fraction of sp³-hybridized carbons (Fsp3) is 0.192. The van der Waals surface area contributed by atoms with Crippen LogP contribution < -0.4 is 10.1 Å². The first-order valence-corrected chi connectivity index (χ1v) is 11.5. The molecule has 4 aromatic rings. The molecule has 0 bridgehead atoms. The van der Waals surface area contributed by atoms with Crippen molar-refractivity contribution in [2.45, 2.75) is 25.9 Å². The number of hydrogen-bond donors (Lipinski definition) is 1. The van der Waals surface area contributed by atoms with E-state index in [4.69, 9.17) is 4.74 Å². The molecule has 32 heavy (non-hydrogen) atoms. The molecule has 0 saturated carbocycles. The maximum atomic E-state index is 12.5. The van der Waals surface area contributed by atoms with E-state index >= 15 is 0 Å². The molecule has 1 amide bonds. The van der Waals surface area contributed by atoms with Gasteiger partial charge in [-0.15, -0.1) is 11.3 Å². The number of fused-ring (bicyclic) bond motifs is 1. The van der Waals surface area contributed by atoms with Gasteiger partial charge in [0.1, 0.15) is 16.9 Å². The van der Waals surface area contributed by atoms with Crippen molar-refractivity contribution in [1.82, 2.24) is 15.3 Å². The number of amides is 1. The number of aromatic nitrogens is 2. The normalized spacial score (nSPS) is 14.6. The maximum Gasteiger partial charge on any atom is 0.226 e. The molecule has 6 heteroatoms. The zero-order valence-corrected chi connectivity index (χ0v) is 18.6.